The van der Waals surface area contributed by atoms with E-state index in [9.17, 15) is 0 Å². The zero-order valence-corrected chi connectivity index (χ0v) is 20.2. The molecular formula is C28H24O8. The van der Waals surface area contributed by atoms with E-state index in [4.69, 9.17) is 38.5 Å². The number of hydrogen-bond donors (Lipinski definition) is 0. The monoisotopic (exact) mass is 488 g/mol. The van der Waals surface area contributed by atoms with Crippen LogP contribution < -0.4 is 38.5 Å². The molecule has 0 amide bonds. The van der Waals surface area contributed by atoms with Gasteiger partial charge in [0.1, 0.15) is 0 Å². The van der Waals surface area contributed by atoms with Crippen molar-refractivity contribution in [2.24, 2.45) is 0 Å². The van der Waals surface area contributed by atoms with E-state index in [-0.39, 0.29) is 0 Å². The molecule has 10 heterocycles. The lowest BCUT2D eigenvalue weighted by Crippen LogP contribution is -2.05. The molecule has 0 radical (unpaired) electrons. The van der Waals surface area contributed by atoms with Gasteiger partial charge in [-0.05, 0) is 70.8 Å². The molecule has 0 unspecified atom stereocenters. The molecule has 4 aromatic carbocycles. The summed E-state index contributed by atoms with van der Waals surface area (Å²) in [6.07, 6.45) is 0. The molecule has 0 spiro atoms. The second kappa shape index (κ2) is 9.87. The van der Waals surface area contributed by atoms with Crippen molar-refractivity contribution in [1.29, 1.82) is 0 Å². The van der Waals surface area contributed by atoms with Crippen molar-refractivity contribution in [1.82, 2.24) is 0 Å². The fraction of sp³-hybridized carbons (Fsp3) is 0.143. The van der Waals surface area contributed by atoms with Crippen LogP contribution in [0.25, 0.3) is 22.3 Å². The van der Waals surface area contributed by atoms with Gasteiger partial charge in [-0.2, -0.15) is 0 Å². The number of rotatable bonds is 4. The third-order valence-electron chi connectivity index (χ3n) is 5.76. The Kier molecular flexibility index (Phi) is 6.32. The van der Waals surface area contributed by atoms with E-state index in [2.05, 4.69) is 0 Å². The fourth-order valence-corrected chi connectivity index (χ4v) is 3.84. The molecule has 0 aliphatic carbocycles. The van der Waals surface area contributed by atoms with Crippen LogP contribution in [0.5, 0.6) is 46.0 Å². The Morgan fingerprint density at radius 2 is 0.583 bits per heavy atom. The molecule has 14 rings (SSSR count). The van der Waals surface area contributed by atoms with Gasteiger partial charge in [-0.1, -0.05) is 24.3 Å². The summed E-state index contributed by atoms with van der Waals surface area (Å²) in [6, 6.07) is 22.0. The van der Waals surface area contributed by atoms with Gasteiger partial charge < -0.3 is 18.9 Å². The SMILES string of the molecule is COc1cc2ccc1OOc1ccc(cc1OC)-c1ccc(c(OC)c1)OOc1ccc-2cc1OC. The standard InChI is InChI=1S/C28H24O8/c1-29-25-13-17-5-9-21(25)33-34-22-11-7-19(15-27(22)31-3)20-8-12-24(28(16-20)32-4)36-35-23-10-6-18(17)14-26(23)30-2/h5-16H,1-4H3. The lowest BCUT2D eigenvalue weighted by Gasteiger charge is -2.16. The first kappa shape index (κ1) is 23.0. The van der Waals surface area contributed by atoms with E-state index < -0.39 is 0 Å². The minimum atomic E-state index is 0.405. The zero-order chi connectivity index (χ0) is 25.1. The fourth-order valence-electron chi connectivity index (χ4n) is 3.84. The van der Waals surface area contributed by atoms with E-state index in [1.54, 1.807) is 52.7 Å². The Morgan fingerprint density at radius 3 is 0.778 bits per heavy atom. The Labute approximate surface area is 208 Å². The lowest BCUT2D eigenvalue weighted by molar-refractivity contribution is -0.103. The van der Waals surface area contributed by atoms with Crippen molar-refractivity contribution in [3.05, 3.63) is 72.8 Å². The third-order valence-corrected chi connectivity index (χ3v) is 5.76. The molecule has 10 aliphatic rings. The third kappa shape index (κ3) is 4.36. The van der Waals surface area contributed by atoms with Crippen molar-refractivity contribution < 1.29 is 38.5 Å². The smallest absolute Gasteiger partial charge is 0.220 e. The quantitative estimate of drug-likeness (QED) is 0.319. The van der Waals surface area contributed by atoms with Crippen molar-refractivity contribution in [3.8, 4) is 68.2 Å². The van der Waals surface area contributed by atoms with Crippen molar-refractivity contribution in [2.45, 2.75) is 0 Å². The summed E-state index contributed by atoms with van der Waals surface area (Å²) < 4.78 is 22.2. The normalized spacial score (nSPS) is 11.7. The van der Waals surface area contributed by atoms with E-state index >= 15 is 0 Å². The van der Waals surface area contributed by atoms with Crippen LogP contribution in [0.1, 0.15) is 0 Å². The van der Waals surface area contributed by atoms with Crippen LogP contribution in [0.3, 0.4) is 0 Å². The Balaban J connectivity index is 1.63. The molecule has 184 valence electrons. The zero-order valence-electron chi connectivity index (χ0n) is 20.2. The molecule has 0 N–H and O–H groups in total. The molecule has 0 atom stereocenters. The lowest BCUT2D eigenvalue weighted by atomic mass is 10.0. The van der Waals surface area contributed by atoms with Gasteiger partial charge in [0.15, 0.2) is 23.0 Å². The van der Waals surface area contributed by atoms with Crippen molar-refractivity contribution in [3.63, 3.8) is 0 Å². The average Bonchev–Trinajstić information content (AvgIpc) is 2.94. The second-order valence-corrected chi connectivity index (χ2v) is 7.80. The van der Waals surface area contributed by atoms with Crippen LogP contribution in [0.4, 0.5) is 0 Å². The van der Waals surface area contributed by atoms with Gasteiger partial charge in [-0.3, -0.25) is 19.6 Å². The summed E-state index contributed by atoms with van der Waals surface area (Å²) in [5, 5.41) is 0. The van der Waals surface area contributed by atoms with Gasteiger partial charge >= 0.3 is 0 Å². The molecule has 8 nitrogen and oxygen atoms in total. The number of ether oxygens (including phenoxy) is 4. The second-order valence-electron chi connectivity index (χ2n) is 7.80. The van der Waals surface area contributed by atoms with Gasteiger partial charge in [0.2, 0.25) is 23.0 Å². The molecule has 8 bridgehead atoms. The van der Waals surface area contributed by atoms with Gasteiger partial charge in [-0.15, -0.1) is 0 Å². The Bertz CT molecular complexity index is 1180. The molecular weight excluding hydrogens is 464 g/mol. The predicted molar refractivity (Wildman–Crippen MR) is 132 cm³/mol. The first-order valence-electron chi connectivity index (χ1n) is 11.1. The average molecular weight is 488 g/mol. The molecule has 36 heavy (non-hydrogen) atoms. The van der Waals surface area contributed by atoms with Crippen LogP contribution in [0.2, 0.25) is 0 Å². The van der Waals surface area contributed by atoms with Crippen molar-refractivity contribution >= 4 is 0 Å². The first-order chi connectivity index (χ1) is 17.6. The van der Waals surface area contributed by atoms with Crippen LogP contribution in [0, 0.1) is 0 Å². The van der Waals surface area contributed by atoms with E-state index in [0.29, 0.717) is 46.0 Å². The van der Waals surface area contributed by atoms with E-state index in [1.165, 1.54) is 0 Å². The topological polar surface area (TPSA) is 73.8 Å². The summed E-state index contributed by atoms with van der Waals surface area (Å²) in [6.45, 7) is 0. The van der Waals surface area contributed by atoms with E-state index in [1.807, 2.05) is 48.5 Å². The maximum absolute atomic E-state index is 5.63. The summed E-state index contributed by atoms with van der Waals surface area (Å²) in [5.41, 5.74) is 3.49. The minimum absolute atomic E-state index is 0.405. The van der Waals surface area contributed by atoms with Crippen LogP contribution >= 0.6 is 0 Å². The summed E-state index contributed by atoms with van der Waals surface area (Å²) in [4.78, 5) is 22.5. The maximum Gasteiger partial charge on any atom is 0.220 e. The number of methoxy groups -OCH3 is 4. The number of benzene rings is 4. The molecule has 0 aromatic heterocycles. The van der Waals surface area contributed by atoms with Gasteiger partial charge in [0.05, 0.1) is 28.4 Å². The predicted octanol–water partition coefficient (Wildman–Crippen LogP) is 6.11. The number of hydrogen-bond acceptors (Lipinski definition) is 8. The molecule has 0 saturated carbocycles. The van der Waals surface area contributed by atoms with Crippen LogP contribution in [-0.4, -0.2) is 28.4 Å². The van der Waals surface area contributed by atoms with E-state index in [0.717, 1.165) is 22.3 Å². The molecule has 0 fully saturated rings. The molecule has 0 saturated heterocycles. The largest absolute Gasteiger partial charge is 0.493 e. The Hall–Kier alpha value is -4.72. The van der Waals surface area contributed by atoms with Gasteiger partial charge in [0, 0.05) is 0 Å². The van der Waals surface area contributed by atoms with Gasteiger partial charge in [0.25, 0.3) is 0 Å². The van der Waals surface area contributed by atoms with Crippen LogP contribution in [-0.2, 0) is 0 Å². The molecule has 10 aliphatic heterocycles. The highest BCUT2D eigenvalue weighted by Crippen LogP contribution is 2.40. The first-order valence-corrected chi connectivity index (χ1v) is 11.1. The molecule has 8 heteroatoms. The Morgan fingerprint density at radius 1 is 0.361 bits per heavy atom. The summed E-state index contributed by atoms with van der Waals surface area (Å²) >= 11 is 0. The minimum Gasteiger partial charge on any atom is -0.493 e. The summed E-state index contributed by atoms with van der Waals surface area (Å²) in [7, 11) is 6.25. The van der Waals surface area contributed by atoms with Crippen molar-refractivity contribution in [2.75, 3.05) is 28.4 Å². The maximum atomic E-state index is 5.63. The summed E-state index contributed by atoms with van der Waals surface area (Å²) in [5.74, 6) is 3.59. The van der Waals surface area contributed by atoms with Gasteiger partial charge in [-0.25, -0.2) is 0 Å². The van der Waals surface area contributed by atoms with Crippen LogP contribution in [0.15, 0.2) is 72.8 Å². The molecule has 4 aromatic rings. The highest BCUT2D eigenvalue weighted by Gasteiger charge is 2.17. The highest BCUT2D eigenvalue weighted by molar-refractivity contribution is 5.71. The highest BCUT2D eigenvalue weighted by atomic mass is 17.2.